The van der Waals surface area contributed by atoms with Crippen LogP contribution in [0.15, 0.2) is 54.6 Å². The molecule has 3 atom stereocenters. The molecule has 5 rings (SSSR count). The Hall–Kier alpha value is -3.45. The summed E-state index contributed by atoms with van der Waals surface area (Å²) in [6.45, 7) is 0.342. The molecule has 0 bridgehead atoms. The predicted molar refractivity (Wildman–Crippen MR) is 154 cm³/mol. The van der Waals surface area contributed by atoms with E-state index in [1.807, 2.05) is 0 Å². The Morgan fingerprint density at radius 1 is 0.932 bits per heavy atom. The van der Waals surface area contributed by atoms with E-state index >= 15 is 4.39 Å². The van der Waals surface area contributed by atoms with Crippen LogP contribution in [0.5, 0.6) is 0 Å². The normalized spacial score (nSPS) is 20.6. The average Bonchev–Trinajstić information content (AvgIpc) is 3.26. The lowest BCUT2D eigenvalue weighted by atomic mass is 10.1. The van der Waals surface area contributed by atoms with Gasteiger partial charge in [0.05, 0.1) is 27.8 Å². The Kier molecular flexibility index (Phi) is 8.83. The van der Waals surface area contributed by atoms with Crippen molar-refractivity contribution in [3.8, 4) is 0 Å². The quantitative estimate of drug-likeness (QED) is 0.178. The molecule has 1 saturated heterocycles. The number of benzene rings is 3. The van der Waals surface area contributed by atoms with Gasteiger partial charge in [-0.15, -0.1) is 23.2 Å². The second kappa shape index (κ2) is 12.2. The number of hydrogen-bond donors (Lipinski definition) is 3. The van der Waals surface area contributed by atoms with Crippen molar-refractivity contribution in [2.45, 2.75) is 35.4 Å². The molecule has 3 aromatic carbocycles. The van der Waals surface area contributed by atoms with Gasteiger partial charge in [-0.3, -0.25) is 14.4 Å². The Balaban J connectivity index is 1.30. The van der Waals surface area contributed by atoms with Crippen LogP contribution in [0, 0.1) is 17.6 Å². The molecule has 3 amide bonds. The zero-order chi connectivity index (χ0) is 32.0. The Labute approximate surface area is 262 Å². The smallest absolute Gasteiger partial charge is 0.368 e. The first kappa shape index (κ1) is 32.0. The van der Waals surface area contributed by atoms with Gasteiger partial charge in [-0.25, -0.2) is 8.78 Å². The van der Waals surface area contributed by atoms with Gasteiger partial charge >= 0.3 is 6.18 Å². The maximum atomic E-state index is 15.2. The summed E-state index contributed by atoms with van der Waals surface area (Å²) in [4.78, 5) is 38.4. The first-order chi connectivity index (χ1) is 20.7. The van der Waals surface area contributed by atoms with Crippen LogP contribution in [0.1, 0.15) is 40.2 Å². The lowest BCUT2D eigenvalue weighted by molar-refractivity contribution is -0.137. The monoisotopic (exact) mass is 675 g/mol. The Morgan fingerprint density at radius 2 is 1.68 bits per heavy atom. The maximum absolute atomic E-state index is 15.2. The molecule has 2 aliphatic rings. The largest absolute Gasteiger partial charge is 0.416 e. The topological polar surface area (TPSA) is 96.5 Å². The molecule has 3 aromatic rings. The zero-order valence-corrected chi connectivity index (χ0v) is 24.5. The molecule has 1 heterocycles. The lowest BCUT2D eigenvalue weighted by Gasteiger charge is -2.15. The number of anilines is 3. The van der Waals surface area contributed by atoms with E-state index in [2.05, 4.69) is 16.0 Å². The number of halogens is 8. The molecule has 44 heavy (non-hydrogen) atoms. The molecule has 3 N–H and O–H groups in total. The van der Waals surface area contributed by atoms with E-state index in [0.29, 0.717) is 19.4 Å². The fourth-order valence-corrected chi connectivity index (χ4v) is 5.95. The highest BCUT2D eigenvalue weighted by molar-refractivity contribution is 6.53. The number of rotatable bonds is 7. The number of ether oxygens (including phenoxy) is 1. The van der Waals surface area contributed by atoms with E-state index in [4.69, 9.17) is 39.5 Å². The summed E-state index contributed by atoms with van der Waals surface area (Å²) in [5, 5.41) is 6.83. The molecule has 1 aliphatic heterocycles. The molecular weight excluding hydrogens is 656 g/mol. The second-order valence-electron chi connectivity index (χ2n) is 10.2. The number of hydrogen-bond acceptors (Lipinski definition) is 4. The first-order valence-corrected chi connectivity index (χ1v) is 14.2. The molecule has 0 radical (unpaired) electrons. The highest BCUT2D eigenvalue weighted by Crippen LogP contribution is 2.65. The van der Waals surface area contributed by atoms with Crippen LogP contribution in [0.3, 0.4) is 0 Å². The highest BCUT2D eigenvalue weighted by atomic mass is 35.5. The van der Waals surface area contributed by atoms with Crippen molar-refractivity contribution in [1.82, 2.24) is 0 Å². The summed E-state index contributed by atoms with van der Waals surface area (Å²) in [7, 11) is 0. The zero-order valence-electron chi connectivity index (χ0n) is 22.2. The van der Waals surface area contributed by atoms with Crippen LogP contribution in [0.4, 0.5) is 39.0 Å². The van der Waals surface area contributed by atoms with Gasteiger partial charge in [0.2, 0.25) is 5.91 Å². The maximum Gasteiger partial charge on any atom is 0.416 e. The van der Waals surface area contributed by atoms with Gasteiger partial charge in [0.15, 0.2) is 5.82 Å². The lowest BCUT2D eigenvalue weighted by Crippen LogP contribution is -2.28. The molecule has 2 fully saturated rings. The highest BCUT2D eigenvalue weighted by Gasteiger charge is 2.67. The summed E-state index contributed by atoms with van der Waals surface area (Å²) in [6, 6.07) is 9.90. The molecule has 0 spiro atoms. The summed E-state index contributed by atoms with van der Waals surface area (Å²) < 4.78 is 72.6. The van der Waals surface area contributed by atoms with Crippen molar-refractivity contribution >= 4 is 69.6 Å². The van der Waals surface area contributed by atoms with Crippen LogP contribution in [0.2, 0.25) is 5.02 Å². The molecule has 15 heteroatoms. The summed E-state index contributed by atoms with van der Waals surface area (Å²) >= 11 is 18.7. The predicted octanol–water partition coefficient (Wildman–Crippen LogP) is 7.53. The van der Waals surface area contributed by atoms with Gasteiger partial charge in [0, 0.05) is 18.2 Å². The minimum Gasteiger partial charge on any atom is -0.368 e. The number of alkyl halides is 5. The molecule has 7 nitrogen and oxygen atoms in total. The van der Waals surface area contributed by atoms with Crippen molar-refractivity contribution in [1.29, 1.82) is 0 Å². The third kappa shape index (κ3) is 6.49. The first-order valence-electron chi connectivity index (χ1n) is 13.1. The van der Waals surface area contributed by atoms with Crippen LogP contribution >= 0.6 is 34.8 Å². The van der Waals surface area contributed by atoms with Crippen molar-refractivity contribution in [3.63, 3.8) is 0 Å². The summed E-state index contributed by atoms with van der Waals surface area (Å²) in [5.74, 6) is -6.81. The van der Waals surface area contributed by atoms with Gasteiger partial charge in [-0.05, 0) is 54.8 Å². The van der Waals surface area contributed by atoms with Crippen molar-refractivity contribution in [2.75, 3.05) is 22.6 Å². The van der Waals surface area contributed by atoms with Crippen LogP contribution in [-0.2, 0) is 20.5 Å². The Bertz CT molecular complexity index is 1650. The van der Waals surface area contributed by atoms with E-state index in [0.717, 1.165) is 24.3 Å². The molecular formula is C29H21Cl3F5N3O4. The SMILES string of the molecule is O=C(Nc1ccc(F)c(NC(=O)C2CCCO2)c1F)c1cc(NC(=O)[C@H]2[C@H](c3cccc(C(F)(F)F)c3)C2(Cl)Cl)ccc1Cl. The molecule has 232 valence electrons. The molecule has 1 saturated carbocycles. The Morgan fingerprint density at radius 3 is 2.36 bits per heavy atom. The van der Waals surface area contributed by atoms with E-state index < -0.39 is 74.7 Å². The van der Waals surface area contributed by atoms with E-state index in [1.165, 1.54) is 30.3 Å². The van der Waals surface area contributed by atoms with Crippen LogP contribution < -0.4 is 16.0 Å². The van der Waals surface area contributed by atoms with Crippen molar-refractivity contribution in [2.24, 2.45) is 5.92 Å². The van der Waals surface area contributed by atoms with E-state index in [-0.39, 0.29) is 21.8 Å². The number of amides is 3. The van der Waals surface area contributed by atoms with Gasteiger partial charge in [-0.2, -0.15) is 13.2 Å². The van der Waals surface area contributed by atoms with Gasteiger partial charge in [-0.1, -0.05) is 29.8 Å². The average molecular weight is 677 g/mol. The minimum atomic E-state index is -4.61. The number of carbonyl (C=O) groups is 3. The second-order valence-corrected chi connectivity index (χ2v) is 12.0. The van der Waals surface area contributed by atoms with Gasteiger partial charge in [0.25, 0.3) is 11.8 Å². The fraction of sp³-hybridized carbons (Fsp3) is 0.276. The number of nitrogens with one attached hydrogen (secondary N) is 3. The van der Waals surface area contributed by atoms with E-state index in [9.17, 15) is 31.9 Å². The van der Waals surface area contributed by atoms with Gasteiger partial charge < -0.3 is 20.7 Å². The van der Waals surface area contributed by atoms with E-state index in [1.54, 1.807) is 0 Å². The fourth-order valence-electron chi connectivity index (χ4n) is 4.91. The van der Waals surface area contributed by atoms with Crippen LogP contribution in [0.25, 0.3) is 0 Å². The molecule has 1 unspecified atom stereocenters. The molecule has 1 aliphatic carbocycles. The van der Waals surface area contributed by atoms with Crippen LogP contribution in [-0.4, -0.2) is 34.8 Å². The third-order valence-corrected chi connectivity index (χ3v) is 8.47. The third-order valence-electron chi connectivity index (χ3n) is 7.20. The van der Waals surface area contributed by atoms with Gasteiger partial charge in [0.1, 0.15) is 21.9 Å². The standard InChI is InChI=1S/C29H21Cl3F5N3O4/c30-17-7-6-15(38-27(43)22-21(28(22,31)32)13-3-1-4-14(11-13)29(35,36)37)12-16(17)25(41)39-19-9-8-18(33)24(23(19)34)40-26(42)20-5-2-10-44-20/h1,3-4,6-9,11-12,20-22H,2,5,10H2,(H,38,43)(H,39,41)(H,40,42)/t20?,21-,22+/m0/s1. The van der Waals surface area contributed by atoms with Crippen molar-refractivity contribution in [3.05, 3.63) is 87.9 Å². The minimum absolute atomic E-state index is 0.0486. The van der Waals surface area contributed by atoms with Crippen molar-refractivity contribution < 1.29 is 41.1 Å². The number of carbonyl (C=O) groups excluding carboxylic acids is 3. The molecule has 0 aromatic heterocycles. The summed E-state index contributed by atoms with van der Waals surface area (Å²) in [5.41, 5.74) is -2.22. The summed E-state index contributed by atoms with van der Waals surface area (Å²) in [6.07, 6.45) is -4.46.